The van der Waals surface area contributed by atoms with Gasteiger partial charge in [0.15, 0.2) is 0 Å². The van der Waals surface area contributed by atoms with Gasteiger partial charge in [-0.25, -0.2) is 9.07 Å². The molecule has 1 heterocycles. The van der Waals surface area contributed by atoms with Crippen molar-refractivity contribution in [2.75, 3.05) is 10.6 Å². The summed E-state index contributed by atoms with van der Waals surface area (Å²) in [7, 11) is 0. The molecular weight excluding hydrogens is 399 g/mol. The van der Waals surface area contributed by atoms with E-state index in [2.05, 4.69) is 15.7 Å². The second-order valence-corrected chi connectivity index (χ2v) is 6.59. The van der Waals surface area contributed by atoms with Gasteiger partial charge in [0.2, 0.25) is 11.8 Å². The fraction of sp³-hybridized carbons (Fsp3) is 0.100. The lowest BCUT2D eigenvalue weighted by atomic mass is 10.1. The van der Waals surface area contributed by atoms with Gasteiger partial charge in [-0.2, -0.15) is 5.10 Å². The average molecular weight is 415 g/mol. The Morgan fingerprint density at radius 1 is 1.07 bits per heavy atom. The van der Waals surface area contributed by atoms with Crippen LogP contribution in [0.15, 0.2) is 59.4 Å². The molecule has 0 fully saturated rings. The van der Waals surface area contributed by atoms with Crippen molar-refractivity contribution in [3.05, 3.63) is 75.8 Å². The molecule has 7 nitrogen and oxygen atoms in total. The molecule has 148 valence electrons. The Morgan fingerprint density at radius 2 is 1.72 bits per heavy atom. The van der Waals surface area contributed by atoms with E-state index in [1.807, 2.05) is 0 Å². The van der Waals surface area contributed by atoms with Crippen LogP contribution in [0.2, 0.25) is 5.02 Å². The van der Waals surface area contributed by atoms with Crippen LogP contribution in [0.25, 0.3) is 11.3 Å². The van der Waals surface area contributed by atoms with Gasteiger partial charge >= 0.3 is 0 Å². The SMILES string of the molecule is CC(=O)Nc1cc(-c2ccc(Cl)cc2)nn(CC(=O)Nc2ccc(F)cc2)c1=O. The summed E-state index contributed by atoms with van der Waals surface area (Å²) >= 11 is 5.90. The minimum atomic E-state index is -0.632. The molecule has 0 radical (unpaired) electrons. The first kappa shape index (κ1) is 20.2. The zero-order valence-corrected chi connectivity index (χ0v) is 16.0. The number of carbonyl (C=O) groups is 2. The molecular formula is C20H16ClFN4O3. The molecule has 0 unspecified atom stereocenters. The van der Waals surface area contributed by atoms with E-state index < -0.39 is 29.7 Å². The molecule has 0 saturated heterocycles. The Morgan fingerprint density at radius 3 is 2.34 bits per heavy atom. The minimum absolute atomic E-state index is 0.00738. The van der Waals surface area contributed by atoms with Gasteiger partial charge in [0, 0.05) is 23.2 Å². The molecule has 0 bridgehead atoms. The maximum absolute atomic E-state index is 13.0. The van der Waals surface area contributed by atoms with Crippen LogP contribution in [0.3, 0.4) is 0 Å². The van der Waals surface area contributed by atoms with Gasteiger partial charge in [-0.1, -0.05) is 23.7 Å². The highest BCUT2D eigenvalue weighted by atomic mass is 35.5. The number of amides is 2. The van der Waals surface area contributed by atoms with Crippen molar-refractivity contribution in [2.45, 2.75) is 13.5 Å². The van der Waals surface area contributed by atoms with Gasteiger partial charge in [0.1, 0.15) is 18.0 Å². The van der Waals surface area contributed by atoms with Gasteiger partial charge in [0.05, 0.1) is 5.69 Å². The van der Waals surface area contributed by atoms with Gasteiger partial charge in [0.25, 0.3) is 5.56 Å². The molecule has 1 aromatic heterocycles. The molecule has 9 heteroatoms. The Hall–Kier alpha value is -3.52. The number of aromatic nitrogens is 2. The maximum atomic E-state index is 13.0. The molecule has 0 aliphatic carbocycles. The van der Waals surface area contributed by atoms with Crippen LogP contribution >= 0.6 is 11.6 Å². The molecule has 29 heavy (non-hydrogen) atoms. The van der Waals surface area contributed by atoms with Crippen molar-refractivity contribution in [3.63, 3.8) is 0 Å². The summed E-state index contributed by atoms with van der Waals surface area (Å²) < 4.78 is 13.9. The fourth-order valence-electron chi connectivity index (χ4n) is 2.56. The van der Waals surface area contributed by atoms with Crippen molar-refractivity contribution in [3.8, 4) is 11.3 Å². The number of halogens is 2. The van der Waals surface area contributed by atoms with Gasteiger partial charge < -0.3 is 10.6 Å². The molecule has 0 aliphatic heterocycles. The Bertz CT molecular complexity index is 1110. The Balaban J connectivity index is 1.93. The highest BCUT2D eigenvalue weighted by molar-refractivity contribution is 6.30. The highest BCUT2D eigenvalue weighted by Gasteiger charge is 2.14. The number of hydrogen-bond donors (Lipinski definition) is 2. The van der Waals surface area contributed by atoms with Crippen LogP contribution in [0.5, 0.6) is 0 Å². The van der Waals surface area contributed by atoms with Crippen LogP contribution in [0, 0.1) is 5.82 Å². The number of nitrogens with one attached hydrogen (secondary N) is 2. The molecule has 2 N–H and O–H groups in total. The third kappa shape index (κ3) is 5.26. The van der Waals surface area contributed by atoms with Crippen molar-refractivity contribution in [1.29, 1.82) is 0 Å². The van der Waals surface area contributed by atoms with E-state index in [1.54, 1.807) is 24.3 Å². The molecule has 0 spiro atoms. The lowest BCUT2D eigenvalue weighted by Gasteiger charge is -2.11. The van der Waals surface area contributed by atoms with Gasteiger partial charge in [-0.3, -0.25) is 14.4 Å². The van der Waals surface area contributed by atoms with Crippen molar-refractivity contribution < 1.29 is 14.0 Å². The highest BCUT2D eigenvalue weighted by Crippen LogP contribution is 2.20. The zero-order valence-electron chi connectivity index (χ0n) is 15.3. The monoisotopic (exact) mass is 414 g/mol. The summed E-state index contributed by atoms with van der Waals surface area (Å²) in [5, 5.41) is 9.77. The first-order chi connectivity index (χ1) is 13.8. The molecule has 2 aromatic carbocycles. The normalized spacial score (nSPS) is 10.4. The lowest BCUT2D eigenvalue weighted by Crippen LogP contribution is -2.32. The smallest absolute Gasteiger partial charge is 0.291 e. The Labute approximate surface area is 170 Å². The molecule has 3 aromatic rings. The predicted molar refractivity (Wildman–Crippen MR) is 108 cm³/mol. The standard InChI is InChI=1S/C20H16ClFN4O3/c1-12(27)23-18-10-17(13-2-4-14(21)5-3-13)25-26(20(18)29)11-19(28)24-16-8-6-15(22)7-9-16/h2-10H,11H2,1H3,(H,23,27)(H,24,28). The summed E-state index contributed by atoms with van der Waals surface area (Å²) in [6.07, 6.45) is 0. The number of hydrogen-bond acceptors (Lipinski definition) is 4. The van der Waals surface area contributed by atoms with E-state index in [9.17, 15) is 18.8 Å². The van der Waals surface area contributed by atoms with E-state index in [4.69, 9.17) is 11.6 Å². The summed E-state index contributed by atoms with van der Waals surface area (Å²) in [4.78, 5) is 36.4. The van der Waals surface area contributed by atoms with Gasteiger partial charge in [-0.15, -0.1) is 0 Å². The second-order valence-electron chi connectivity index (χ2n) is 6.15. The minimum Gasteiger partial charge on any atom is -0.324 e. The molecule has 0 aliphatic rings. The van der Waals surface area contributed by atoms with Crippen LogP contribution in [0.4, 0.5) is 15.8 Å². The number of benzene rings is 2. The van der Waals surface area contributed by atoms with Crippen LogP contribution in [0.1, 0.15) is 6.92 Å². The van der Waals surface area contributed by atoms with E-state index in [1.165, 1.54) is 37.3 Å². The van der Waals surface area contributed by atoms with Crippen LogP contribution in [-0.2, 0) is 16.1 Å². The second kappa shape index (κ2) is 8.66. The zero-order chi connectivity index (χ0) is 21.0. The van der Waals surface area contributed by atoms with E-state index >= 15 is 0 Å². The van der Waals surface area contributed by atoms with Crippen LogP contribution in [-0.4, -0.2) is 21.6 Å². The first-order valence-electron chi connectivity index (χ1n) is 8.53. The number of rotatable bonds is 5. The number of carbonyl (C=O) groups excluding carboxylic acids is 2. The van der Waals surface area contributed by atoms with E-state index in [0.29, 0.717) is 22.0 Å². The molecule has 3 rings (SSSR count). The lowest BCUT2D eigenvalue weighted by molar-refractivity contribution is -0.117. The maximum Gasteiger partial charge on any atom is 0.291 e. The van der Waals surface area contributed by atoms with E-state index in [0.717, 1.165) is 4.68 Å². The average Bonchev–Trinajstić information content (AvgIpc) is 2.67. The van der Waals surface area contributed by atoms with Crippen molar-refractivity contribution in [1.82, 2.24) is 9.78 Å². The fourth-order valence-corrected chi connectivity index (χ4v) is 2.69. The summed E-state index contributed by atoms with van der Waals surface area (Å²) in [5.74, 6) is -1.40. The van der Waals surface area contributed by atoms with E-state index in [-0.39, 0.29) is 5.69 Å². The summed E-state index contributed by atoms with van der Waals surface area (Å²) in [6.45, 7) is 0.873. The quantitative estimate of drug-likeness (QED) is 0.670. The number of anilines is 2. The summed E-state index contributed by atoms with van der Waals surface area (Å²) in [6, 6.07) is 13.4. The molecule has 2 amide bonds. The van der Waals surface area contributed by atoms with Crippen molar-refractivity contribution in [2.24, 2.45) is 0 Å². The molecule has 0 saturated carbocycles. The number of nitrogens with zero attached hydrogens (tertiary/aromatic N) is 2. The third-order valence-corrected chi connectivity index (χ3v) is 4.10. The predicted octanol–water partition coefficient (Wildman–Crippen LogP) is 3.30. The summed E-state index contributed by atoms with van der Waals surface area (Å²) in [5.41, 5.74) is 0.757. The topological polar surface area (TPSA) is 93.1 Å². The largest absolute Gasteiger partial charge is 0.324 e. The van der Waals surface area contributed by atoms with Crippen molar-refractivity contribution >= 4 is 34.8 Å². The molecule has 0 atom stereocenters. The van der Waals surface area contributed by atoms with Crippen LogP contribution < -0.4 is 16.2 Å². The Kier molecular flexibility index (Phi) is 6.04. The first-order valence-corrected chi connectivity index (χ1v) is 8.91. The third-order valence-electron chi connectivity index (χ3n) is 3.85. The van der Waals surface area contributed by atoms with Gasteiger partial charge in [-0.05, 0) is 42.5 Å².